The number of allylic oxidation sites excluding steroid dienone is 2. The van der Waals surface area contributed by atoms with Gasteiger partial charge in [-0.1, -0.05) is 12.2 Å². The molecule has 0 fully saturated rings. The van der Waals surface area contributed by atoms with Gasteiger partial charge in [0.25, 0.3) is 0 Å². The van der Waals surface area contributed by atoms with Crippen molar-refractivity contribution in [1.29, 1.82) is 0 Å². The first-order valence-electron chi connectivity index (χ1n) is 4.26. The molecular weight excluding hydrogens is 122 g/mol. The summed E-state index contributed by atoms with van der Waals surface area (Å²) in [5.41, 5.74) is 0. The third-order valence-electron chi connectivity index (χ3n) is 2.18. The Morgan fingerprint density at radius 2 is 2.00 bits per heavy atom. The summed E-state index contributed by atoms with van der Waals surface area (Å²) >= 11 is 0. The quantitative estimate of drug-likeness (QED) is 0.548. The molecule has 1 atom stereocenters. The molecule has 0 aromatic carbocycles. The zero-order valence-corrected chi connectivity index (χ0v) is 6.77. The summed E-state index contributed by atoms with van der Waals surface area (Å²) in [4.78, 5) is 0. The fourth-order valence-electron chi connectivity index (χ4n) is 1.45. The number of hydrogen-bond acceptors (Lipinski definition) is 1. The van der Waals surface area contributed by atoms with E-state index in [9.17, 15) is 0 Å². The van der Waals surface area contributed by atoms with Gasteiger partial charge >= 0.3 is 0 Å². The molecular formula is C9H17N. The molecule has 0 saturated carbocycles. The third-order valence-corrected chi connectivity index (χ3v) is 2.18. The second-order valence-electron chi connectivity index (χ2n) is 2.97. The first-order valence-corrected chi connectivity index (χ1v) is 4.26. The van der Waals surface area contributed by atoms with Crippen LogP contribution in [0.1, 0.15) is 32.1 Å². The van der Waals surface area contributed by atoms with Crippen LogP contribution in [-0.2, 0) is 0 Å². The van der Waals surface area contributed by atoms with Crippen molar-refractivity contribution in [3.8, 4) is 0 Å². The highest BCUT2D eigenvalue weighted by Crippen LogP contribution is 2.11. The Balaban J connectivity index is 2.27. The Bertz CT molecular complexity index is 107. The maximum absolute atomic E-state index is 3.34. The smallest absolute Gasteiger partial charge is 0.00671 e. The largest absolute Gasteiger partial charge is 0.317 e. The molecule has 1 aliphatic carbocycles. The highest BCUT2D eigenvalue weighted by molar-refractivity contribution is 4.86. The maximum atomic E-state index is 3.34. The molecule has 0 aromatic rings. The van der Waals surface area contributed by atoms with Crippen LogP contribution >= 0.6 is 0 Å². The molecule has 0 heterocycles. The van der Waals surface area contributed by atoms with E-state index in [4.69, 9.17) is 0 Å². The minimum Gasteiger partial charge on any atom is -0.317 e. The fraction of sp³-hybridized carbons (Fsp3) is 0.778. The lowest BCUT2D eigenvalue weighted by Crippen LogP contribution is -2.24. The van der Waals surface area contributed by atoms with E-state index in [1.165, 1.54) is 32.1 Å². The van der Waals surface area contributed by atoms with Crippen molar-refractivity contribution >= 4 is 0 Å². The van der Waals surface area contributed by atoms with Crippen LogP contribution in [0.3, 0.4) is 0 Å². The second-order valence-corrected chi connectivity index (χ2v) is 2.97. The molecule has 1 rings (SSSR count). The molecule has 1 aliphatic rings. The van der Waals surface area contributed by atoms with E-state index in [2.05, 4.69) is 24.5 Å². The topological polar surface area (TPSA) is 12.0 Å². The normalized spacial score (nSPS) is 27.5. The molecule has 58 valence electrons. The molecule has 1 N–H and O–H groups in total. The zero-order valence-electron chi connectivity index (χ0n) is 6.77. The van der Waals surface area contributed by atoms with Gasteiger partial charge in [0.05, 0.1) is 0 Å². The first-order chi connectivity index (χ1) is 4.93. The standard InChI is InChI=1S/C9H17N/c1-10-9-7-5-3-2-4-6-8-9/h2-3,9-10H,4-8H2,1H3. The van der Waals surface area contributed by atoms with Crippen molar-refractivity contribution in [3.63, 3.8) is 0 Å². The predicted molar refractivity (Wildman–Crippen MR) is 45.1 cm³/mol. The maximum Gasteiger partial charge on any atom is 0.00671 e. The zero-order chi connectivity index (χ0) is 7.23. The number of rotatable bonds is 1. The molecule has 0 radical (unpaired) electrons. The van der Waals surface area contributed by atoms with Gasteiger partial charge in [0.1, 0.15) is 0 Å². The van der Waals surface area contributed by atoms with E-state index in [0.29, 0.717) is 0 Å². The van der Waals surface area contributed by atoms with Gasteiger partial charge in [-0.2, -0.15) is 0 Å². The molecule has 10 heavy (non-hydrogen) atoms. The highest BCUT2D eigenvalue weighted by Gasteiger charge is 2.04. The van der Waals surface area contributed by atoms with E-state index >= 15 is 0 Å². The van der Waals surface area contributed by atoms with Crippen molar-refractivity contribution in [2.45, 2.75) is 38.1 Å². The van der Waals surface area contributed by atoms with Crippen LogP contribution in [0.2, 0.25) is 0 Å². The van der Waals surface area contributed by atoms with Crippen molar-refractivity contribution in [1.82, 2.24) is 5.32 Å². The molecule has 0 spiro atoms. The van der Waals surface area contributed by atoms with Crippen LogP contribution in [0.25, 0.3) is 0 Å². The predicted octanol–water partition coefficient (Wildman–Crippen LogP) is 2.09. The van der Waals surface area contributed by atoms with E-state index in [0.717, 1.165) is 6.04 Å². The molecule has 1 unspecified atom stereocenters. The molecule has 0 aliphatic heterocycles. The summed E-state index contributed by atoms with van der Waals surface area (Å²) in [7, 11) is 2.07. The molecule has 1 nitrogen and oxygen atoms in total. The summed E-state index contributed by atoms with van der Waals surface area (Å²) < 4.78 is 0. The Labute approximate surface area is 63.5 Å². The molecule has 0 saturated heterocycles. The van der Waals surface area contributed by atoms with E-state index in [-0.39, 0.29) is 0 Å². The third kappa shape index (κ3) is 2.53. The molecule has 0 bridgehead atoms. The minimum absolute atomic E-state index is 0.768. The Kier molecular flexibility index (Phi) is 3.52. The highest BCUT2D eigenvalue weighted by atomic mass is 14.9. The monoisotopic (exact) mass is 139 g/mol. The van der Waals surface area contributed by atoms with E-state index in [1.54, 1.807) is 0 Å². The van der Waals surface area contributed by atoms with Gasteiger partial charge in [0.15, 0.2) is 0 Å². The lowest BCUT2D eigenvalue weighted by molar-refractivity contribution is 0.473. The Hall–Kier alpha value is -0.300. The molecule has 1 heteroatoms. The summed E-state index contributed by atoms with van der Waals surface area (Å²) in [5.74, 6) is 0. The lowest BCUT2D eigenvalue weighted by atomic mass is 10.0. The van der Waals surface area contributed by atoms with Crippen LogP contribution in [-0.4, -0.2) is 13.1 Å². The Morgan fingerprint density at radius 1 is 1.20 bits per heavy atom. The van der Waals surface area contributed by atoms with Gasteiger partial charge in [-0.3, -0.25) is 0 Å². The SMILES string of the molecule is CNC1CCC=CCCC1. The summed E-state index contributed by atoms with van der Waals surface area (Å²) in [6.07, 6.45) is 11.2. The first kappa shape index (κ1) is 7.80. The van der Waals surface area contributed by atoms with Crippen molar-refractivity contribution in [3.05, 3.63) is 12.2 Å². The van der Waals surface area contributed by atoms with Gasteiger partial charge < -0.3 is 5.32 Å². The number of hydrogen-bond donors (Lipinski definition) is 1. The van der Waals surface area contributed by atoms with Crippen LogP contribution in [0.4, 0.5) is 0 Å². The van der Waals surface area contributed by atoms with Crippen LogP contribution in [0.15, 0.2) is 12.2 Å². The van der Waals surface area contributed by atoms with Crippen LogP contribution < -0.4 is 5.32 Å². The Morgan fingerprint density at radius 3 is 2.80 bits per heavy atom. The van der Waals surface area contributed by atoms with Gasteiger partial charge in [-0.25, -0.2) is 0 Å². The molecule has 0 amide bonds. The van der Waals surface area contributed by atoms with Crippen LogP contribution in [0.5, 0.6) is 0 Å². The van der Waals surface area contributed by atoms with Crippen LogP contribution in [0, 0.1) is 0 Å². The van der Waals surface area contributed by atoms with E-state index < -0.39 is 0 Å². The van der Waals surface area contributed by atoms with Gasteiger partial charge in [-0.15, -0.1) is 0 Å². The average molecular weight is 139 g/mol. The van der Waals surface area contributed by atoms with Crippen molar-refractivity contribution in [2.75, 3.05) is 7.05 Å². The van der Waals surface area contributed by atoms with Gasteiger partial charge in [0.2, 0.25) is 0 Å². The van der Waals surface area contributed by atoms with Gasteiger partial charge in [0, 0.05) is 6.04 Å². The molecule has 0 aromatic heterocycles. The van der Waals surface area contributed by atoms with Crippen molar-refractivity contribution < 1.29 is 0 Å². The number of nitrogens with one attached hydrogen (secondary N) is 1. The lowest BCUT2D eigenvalue weighted by Gasteiger charge is -2.15. The fourth-order valence-corrected chi connectivity index (χ4v) is 1.45. The average Bonchev–Trinajstić information content (AvgIpc) is 1.87. The minimum atomic E-state index is 0.768. The van der Waals surface area contributed by atoms with Gasteiger partial charge in [-0.05, 0) is 39.2 Å². The summed E-state index contributed by atoms with van der Waals surface area (Å²) in [5, 5.41) is 3.34. The summed E-state index contributed by atoms with van der Waals surface area (Å²) in [6.45, 7) is 0. The second kappa shape index (κ2) is 4.51. The van der Waals surface area contributed by atoms with E-state index in [1.807, 2.05) is 0 Å². The summed E-state index contributed by atoms with van der Waals surface area (Å²) in [6, 6.07) is 0.768. The van der Waals surface area contributed by atoms with Crippen molar-refractivity contribution in [2.24, 2.45) is 0 Å².